The van der Waals surface area contributed by atoms with Crippen LogP contribution in [0, 0.1) is 29.1 Å². The molecule has 0 bridgehead atoms. The first-order valence-corrected chi connectivity index (χ1v) is 9.87. The fourth-order valence-corrected chi connectivity index (χ4v) is 5.40. The first kappa shape index (κ1) is 15.8. The minimum absolute atomic E-state index is 0.274. The molecule has 3 aliphatic rings. The van der Waals surface area contributed by atoms with Crippen LogP contribution in [0.5, 0.6) is 0 Å². The monoisotopic (exact) mass is 369 g/mol. The summed E-state index contributed by atoms with van der Waals surface area (Å²) >= 11 is 1.52. The highest BCUT2D eigenvalue weighted by Crippen LogP contribution is 2.55. The number of aliphatic carboxylic acids is 1. The maximum Gasteiger partial charge on any atom is 0.303 e. The molecule has 1 N–H and O–H groups in total. The number of aromatic nitrogens is 2. The van der Waals surface area contributed by atoms with Gasteiger partial charge < -0.3 is 14.9 Å². The lowest BCUT2D eigenvalue weighted by Gasteiger charge is -2.39. The Balaban J connectivity index is 1.49. The number of hydrogen-bond donors (Lipinski definition) is 1. The lowest BCUT2D eigenvalue weighted by molar-refractivity contribution is -0.137. The Morgan fingerprint density at radius 3 is 2.77 bits per heavy atom. The summed E-state index contributed by atoms with van der Waals surface area (Å²) in [5.41, 5.74) is 1.36. The third-order valence-corrected chi connectivity index (χ3v) is 7.13. The smallest absolute Gasteiger partial charge is 0.303 e. The maximum atomic E-state index is 11.0. The predicted octanol–water partition coefficient (Wildman–Crippen LogP) is 2.32. The van der Waals surface area contributed by atoms with Gasteiger partial charge in [0, 0.05) is 37.5 Å². The Labute approximate surface area is 154 Å². The average Bonchev–Trinajstić information content (AvgIpc) is 2.99. The van der Waals surface area contributed by atoms with Crippen molar-refractivity contribution in [2.24, 2.45) is 17.8 Å². The number of fused-ring (bicyclic) bond motifs is 2. The molecule has 134 valence electrons. The number of rotatable bonds is 4. The Kier molecular flexibility index (Phi) is 3.38. The van der Waals surface area contributed by atoms with Crippen molar-refractivity contribution >= 4 is 39.3 Å². The Hall–Kier alpha value is -2.40. The van der Waals surface area contributed by atoms with Gasteiger partial charge in [0.15, 0.2) is 5.82 Å². The quantitative estimate of drug-likeness (QED) is 0.884. The van der Waals surface area contributed by atoms with Crippen molar-refractivity contribution < 1.29 is 9.90 Å². The van der Waals surface area contributed by atoms with E-state index in [2.05, 4.69) is 22.8 Å². The van der Waals surface area contributed by atoms with Crippen LogP contribution in [-0.4, -0.2) is 46.7 Å². The fraction of sp³-hybridized carbons (Fsp3) is 0.556. The van der Waals surface area contributed by atoms with E-state index < -0.39 is 5.97 Å². The van der Waals surface area contributed by atoms with Crippen LogP contribution in [-0.2, 0) is 4.79 Å². The Morgan fingerprint density at radius 1 is 1.42 bits per heavy atom. The zero-order valence-electron chi connectivity index (χ0n) is 14.4. The van der Waals surface area contributed by atoms with E-state index in [0.29, 0.717) is 35.3 Å². The van der Waals surface area contributed by atoms with Crippen molar-refractivity contribution in [1.29, 1.82) is 5.26 Å². The molecule has 1 saturated carbocycles. The summed E-state index contributed by atoms with van der Waals surface area (Å²) in [6, 6.07) is 2.67. The molecular weight excluding hydrogens is 350 g/mol. The highest BCUT2D eigenvalue weighted by molar-refractivity contribution is 7.18. The van der Waals surface area contributed by atoms with Crippen LogP contribution in [0.25, 0.3) is 10.2 Å². The van der Waals surface area contributed by atoms with Crippen molar-refractivity contribution in [3.63, 3.8) is 0 Å². The predicted molar refractivity (Wildman–Crippen MR) is 98.5 cm³/mol. The van der Waals surface area contributed by atoms with Gasteiger partial charge in [-0.2, -0.15) is 10.2 Å². The van der Waals surface area contributed by atoms with Gasteiger partial charge in [-0.1, -0.05) is 0 Å². The number of hydrogen-bond acceptors (Lipinski definition) is 7. The molecule has 1 aliphatic carbocycles. The van der Waals surface area contributed by atoms with E-state index in [-0.39, 0.29) is 6.42 Å². The van der Waals surface area contributed by atoms with Crippen molar-refractivity contribution in [2.45, 2.75) is 25.8 Å². The molecule has 0 aromatic carbocycles. The second kappa shape index (κ2) is 5.55. The van der Waals surface area contributed by atoms with E-state index in [4.69, 9.17) is 15.1 Å². The number of anilines is 2. The number of carboxylic acids is 1. The van der Waals surface area contributed by atoms with Gasteiger partial charge >= 0.3 is 5.97 Å². The molecule has 2 aromatic rings. The highest BCUT2D eigenvalue weighted by atomic mass is 32.1. The number of piperidine rings is 1. The van der Waals surface area contributed by atoms with Crippen LogP contribution >= 0.6 is 11.3 Å². The topological polar surface area (TPSA) is 93.4 Å². The summed E-state index contributed by atoms with van der Waals surface area (Å²) in [5.74, 6) is 2.15. The van der Waals surface area contributed by atoms with Gasteiger partial charge in [-0.3, -0.25) is 4.79 Å². The van der Waals surface area contributed by atoms with E-state index in [1.54, 1.807) is 0 Å². The average molecular weight is 369 g/mol. The molecule has 0 radical (unpaired) electrons. The standard InChI is InChI=1S/C18H19N5O2S/c1-9-2-3-23(9)18-20-15-10(5-19)8-26-16(15)17(21-18)22-6-12-11(4-14(24)25)13(12)7-22/h8-9,11-13H,2-4,6-7H2,1H3,(H,24,25)/t9-,11?,12-,13+/m0/s1. The number of carboxylic acid groups (broad SMARTS) is 1. The van der Waals surface area contributed by atoms with Gasteiger partial charge in [-0.15, -0.1) is 11.3 Å². The van der Waals surface area contributed by atoms with E-state index >= 15 is 0 Å². The number of carbonyl (C=O) groups is 1. The third-order valence-electron chi connectivity index (χ3n) is 6.16. The molecule has 0 spiro atoms. The number of nitriles is 1. The van der Waals surface area contributed by atoms with E-state index in [0.717, 1.165) is 42.1 Å². The zero-order valence-corrected chi connectivity index (χ0v) is 15.2. The Bertz CT molecular complexity index is 939. The molecule has 7 nitrogen and oxygen atoms in total. The van der Waals surface area contributed by atoms with Crippen molar-refractivity contribution in [1.82, 2.24) is 9.97 Å². The number of nitrogens with zero attached hydrogens (tertiary/aromatic N) is 5. The molecule has 1 unspecified atom stereocenters. The molecule has 2 saturated heterocycles. The minimum Gasteiger partial charge on any atom is -0.481 e. The second-order valence-corrected chi connectivity index (χ2v) is 8.49. The van der Waals surface area contributed by atoms with Crippen molar-refractivity contribution in [3.05, 3.63) is 10.9 Å². The molecule has 5 rings (SSSR count). The summed E-state index contributed by atoms with van der Waals surface area (Å²) < 4.78 is 0.967. The summed E-state index contributed by atoms with van der Waals surface area (Å²) in [7, 11) is 0. The van der Waals surface area contributed by atoms with E-state index in [9.17, 15) is 10.1 Å². The van der Waals surface area contributed by atoms with Gasteiger partial charge in [0.1, 0.15) is 11.6 Å². The third kappa shape index (κ3) is 2.27. The summed E-state index contributed by atoms with van der Waals surface area (Å²) in [6.45, 7) is 4.81. The zero-order chi connectivity index (χ0) is 18.0. The highest BCUT2D eigenvalue weighted by Gasteiger charge is 2.56. The van der Waals surface area contributed by atoms with Crippen molar-refractivity contribution in [3.8, 4) is 6.07 Å². The van der Waals surface area contributed by atoms with Gasteiger partial charge in [0.05, 0.1) is 10.3 Å². The molecule has 2 aromatic heterocycles. The van der Waals surface area contributed by atoms with E-state index in [1.165, 1.54) is 11.3 Å². The van der Waals surface area contributed by atoms with Crippen LogP contribution in [0.1, 0.15) is 25.3 Å². The summed E-state index contributed by atoms with van der Waals surface area (Å²) in [6.07, 6.45) is 1.41. The largest absolute Gasteiger partial charge is 0.481 e. The molecule has 26 heavy (non-hydrogen) atoms. The van der Waals surface area contributed by atoms with Gasteiger partial charge in [0.2, 0.25) is 5.95 Å². The van der Waals surface area contributed by atoms with Gasteiger partial charge in [0.25, 0.3) is 0 Å². The van der Waals surface area contributed by atoms with Crippen molar-refractivity contribution in [2.75, 3.05) is 29.4 Å². The molecule has 8 heteroatoms. The van der Waals surface area contributed by atoms with Gasteiger partial charge in [-0.05, 0) is 31.1 Å². The van der Waals surface area contributed by atoms with Crippen LogP contribution in [0.15, 0.2) is 5.38 Å². The van der Waals surface area contributed by atoms with E-state index in [1.807, 2.05) is 5.38 Å². The van der Waals surface area contributed by atoms with Gasteiger partial charge in [-0.25, -0.2) is 4.98 Å². The van der Waals surface area contributed by atoms with Crippen LogP contribution < -0.4 is 9.80 Å². The Morgan fingerprint density at radius 2 is 2.19 bits per heavy atom. The van der Waals surface area contributed by atoms with Crippen LogP contribution in [0.4, 0.5) is 11.8 Å². The fourth-order valence-electron chi connectivity index (χ4n) is 4.45. The molecule has 4 atom stereocenters. The first-order valence-electron chi connectivity index (χ1n) is 8.99. The first-order chi connectivity index (χ1) is 12.6. The molecule has 2 aliphatic heterocycles. The molecule has 3 fully saturated rings. The molecule has 0 amide bonds. The number of thiophene rings is 1. The molecular formula is C18H19N5O2S. The summed E-state index contributed by atoms with van der Waals surface area (Å²) in [5, 5.41) is 20.3. The maximum absolute atomic E-state index is 11.0. The van der Waals surface area contributed by atoms with Crippen LogP contribution in [0.2, 0.25) is 0 Å². The second-order valence-electron chi connectivity index (χ2n) is 7.61. The molecule has 4 heterocycles. The minimum atomic E-state index is -0.702. The summed E-state index contributed by atoms with van der Waals surface area (Å²) in [4.78, 5) is 25.0. The lowest BCUT2D eigenvalue weighted by Crippen LogP contribution is -2.46. The lowest BCUT2D eigenvalue weighted by atomic mass is 10.1. The van der Waals surface area contributed by atoms with Crippen LogP contribution in [0.3, 0.4) is 0 Å². The SMILES string of the molecule is C[C@H]1CCN1c1nc(N2C[C@@H]3C(CC(=O)O)[C@@H]3C2)c2scc(C#N)c2n1. The normalized spacial score (nSPS) is 29.4.